The molecule has 0 aliphatic carbocycles. The zero-order valence-electron chi connectivity index (χ0n) is 8.81. The van der Waals surface area contributed by atoms with Gasteiger partial charge in [-0.15, -0.1) is 0 Å². The Bertz CT molecular complexity index is 364. The summed E-state index contributed by atoms with van der Waals surface area (Å²) in [5, 5.41) is 0. The Morgan fingerprint density at radius 3 is 1.80 bits per heavy atom. The molecule has 1 aromatic carbocycles. The number of para-hydroxylation sites is 1. The fraction of sp³-hybridized carbons (Fsp3) is 0.167. The molecule has 1 aromatic rings. The first kappa shape index (κ1) is 11.2. The summed E-state index contributed by atoms with van der Waals surface area (Å²) >= 11 is 0. The van der Waals surface area contributed by atoms with Crippen LogP contribution in [0.2, 0.25) is 0 Å². The third kappa shape index (κ3) is 2.31. The summed E-state index contributed by atoms with van der Waals surface area (Å²) in [5.41, 5.74) is 0.613. The molecule has 0 unspecified atom stereocenters. The zero-order valence-corrected chi connectivity index (χ0v) is 8.81. The molecule has 0 fully saturated rings. The minimum absolute atomic E-state index is 0.281. The molecule has 0 saturated heterocycles. The first-order valence-electron chi connectivity index (χ1n) is 4.90. The maximum absolute atomic E-state index is 11.2. The summed E-state index contributed by atoms with van der Waals surface area (Å²) in [5.74, 6) is -0.563. The van der Waals surface area contributed by atoms with E-state index >= 15 is 0 Å². The smallest absolute Gasteiger partial charge is 0.258 e. The summed E-state index contributed by atoms with van der Waals surface area (Å²) in [7, 11) is 0. The molecule has 0 saturated carbocycles. The first-order valence-corrected chi connectivity index (χ1v) is 4.90. The fourth-order valence-electron chi connectivity index (χ4n) is 1.23. The lowest BCUT2D eigenvalue weighted by molar-refractivity contribution is -0.119. The van der Waals surface area contributed by atoms with Crippen molar-refractivity contribution >= 4 is 17.5 Å². The van der Waals surface area contributed by atoms with Crippen molar-refractivity contribution in [3.63, 3.8) is 0 Å². The SMILES string of the molecule is CC.O=C1C=CC(=O)N1c1ccccc1. The number of hydrogen-bond acceptors (Lipinski definition) is 2. The van der Waals surface area contributed by atoms with Crippen LogP contribution in [0.25, 0.3) is 0 Å². The third-order valence-electron chi connectivity index (χ3n) is 1.82. The van der Waals surface area contributed by atoms with E-state index in [4.69, 9.17) is 0 Å². The number of benzene rings is 1. The molecule has 78 valence electrons. The monoisotopic (exact) mass is 203 g/mol. The Morgan fingerprint density at radius 1 is 0.867 bits per heavy atom. The fourth-order valence-corrected chi connectivity index (χ4v) is 1.23. The zero-order chi connectivity index (χ0) is 11.3. The van der Waals surface area contributed by atoms with E-state index in [1.54, 1.807) is 24.3 Å². The van der Waals surface area contributed by atoms with Crippen LogP contribution in [0.1, 0.15) is 13.8 Å². The molecule has 0 radical (unpaired) electrons. The molecule has 0 spiro atoms. The van der Waals surface area contributed by atoms with Crippen LogP contribution in [0.4, 0.5) is 5.69 Å². The lowest BCUT2D eigenvalue weighted by atomic mass is 10.3. The van der Waals surface area contributed by atoms with Gasteiger partial charge < -0.3 is 0 Å². The van der Waals surface area contributed by atoms with Crippen LogP contribution in [-0.4, -0.2) is 11.8 Å². The van der Waals surface area contributed by atoms with Crippen molar-refractivity contribution in [2.75, 3.05) is 4.90 Å². The average molecular weight is 203 g/mol. The average Bonchev–Trinajstić information content (AvgIpc) is 2.63. The van der Waals surface area contributed by atoms with Crippen molar-refractivity contribution < 1.29 is 9.59 Å². The van der Waals surface area contributed by atoms with Gasteiger partial charge in [0.15, 0.2) is 0 Å². The molecule has 2 amide bonds. The second-order valence-electron chi connectivity index (χ2n) is 2.68. The number of amides is 2. The van der Waals surface area contributed by atoms with E-state index in [-0.39, 0.29) is 11.8 Å². The second-order valence-corrected chi connectivity index (χ2v) is 2.68. The molecule has 1 aliphatic rings. The summed E-state index contributed by atoms with van der Waals surface area (Å²) < 4.78 is 0. The van der Waals surface area contributed by atoms with E-state index in [1.165, 1.54) is 12.2 Å². The number of carbonyl (C=O) groups excluding carboxylic acids is 2. The maximum Gasteiger partial charge on any atom is 0.258 e. The maximum atomic E-state index is 11.2. The van der Waals surface area contributed by atoms with Crippen LogP contribution in [0.15, 0.2) is 42.5 Å². The molecule has 0 bridgehead atoms. The van der Waals surface area contributed by atoms with Gasteiger partial charge in [0.1, 0.15) is 0 Å². The predicted octanol–water partition coefficient (Wildman–Crippen LogP) is 2.14. The molecule has 0 atom stereocenters. The van der Waals surface area contributed by atoms with Crippen LogP contribution in [0, 0.1) is 0 Å². The van der Waals surface area contributed by atoms with Gasteiger partial charge in [0.05, 0.1) is 5.69 Å². The van der Waals surface area contributed by atoms with Crippen LogP contribution in [0.5, 0.6) is 0 Å². The van der Waals surface area contributed by atoms with Crippen LogP contribution in [-0.2, 0) is 9.59 Å². The number of nitrogens with zero attached hydrogens (tertiary/aromatic N) is 1. The van der Waals surface area contributed by atoms with Gasteiger partial charge in [0.2, 0.25) is 0 Å². The van der Waals surface area contributed by atoms with Gasteiger partial charge in [0.25, 0.3) is 11.8 Å². The molecular formula is C12H13NO2. The van der Waals surface area contributed by atoms with Crippen LogP contribution < -0.4 is 4.90 Å². The topological polar surface area (TPSA) is 37.4 Å². The van der Waals surface area contributed by atoms with Gasteiger partial charge in [-0.3, -0.25) is 9.59 Å². The summed E-state index contributed by atoms with van der Waals surface area (Å²) in [6.45, 7) is 4.00. The van der Waals surface area contributed by atoms with E-state index in [1.807, 2.05) is 19.9 Å². The van der Waals surface area contributed by atoms with Gasteiger partial charge in [-0.2, -0.15) is 0 Å². The van der Waals surface area contributed by atoms with Crippen molar-refractivity contribution in [3.05, 3.63) is 42.5 Å². The molecule has 0 aromatic heterocycles. The Kier molecular flexibility index (Phi) is 3.80. The number of hydrogen-bond donors (Lipinski definition) is 0. The number of rotatable bonds is 1. The molecule has 2 rings (SSSR count). The highest BCUT2D eigenvalue weighted by Crippen LogP contribution is 2.17. The molecule has 3 heteroatoms. The summed E-state index contributed by atoms with van der Waals surface area (Å²) in [6, 6.07) is 8.86. The summed E-state index contributed by atoms with van der Waals surface area (Å²) in [6.07, 6.45) is 2.55. The number of carbonyl (C=O) groups is 2. The van der Waals surface area contributed by atoms with Crippen molar-refractivity contribution in [1.82, 2.24) is 0 Å². The van der Waals surface area contributed by atoms with Crippen molar-refractivity contribution in [1.29, 1.82) is 0 Å². The molecule has 1 heterocycles. The Hall–Kier alpha value is -1.90. The van der Waals surface area contributed by atoms with E-state index < -0.39 is 0 Å². The first-order chi connectivity index (χ1) is 7.29. The van der Waals surface area contributed by atoms with Gasteiger partial charge >= 0.3 is 0 Å². The normalized spacial score (nSPS) is 13.9. The van der Waals surface area contributed by atoms with Gasteiger partial charge in [-0.05, 0) is 12.1 Å². The standard InChI is InChI=1S/C10H7NO2.C2H6/c12-9-6-7-10(13)11(9)8-4-2-1-3-5-8;1-2/h1-7H;1-2H3. The predicted molar refractivity (Wildman–Crippen MR) is 59.4 cm³/mol. The highest BCUT2D eigenvalue weighted by molar-refractivity contribution is 6.28. The Labute approximate surface area is 89.0 Å². The Balaban J connectivity index is 0.000000531. The van der Waals surface area contributed by atoms with E-state index in [9.17, 15) is 9.59 Å². The lowest BCUT2D eigenvalue weighted by Crippen LogP contribution is -2.29. The van der Waals surface area contributed by atoms with Gasteiger partial charge in [0, 0.05) is 12.2 Å². The third-order valence-corrected chi connectivity index (χ3v) is 1.82. The van der Waals surface area contributed by atoms with Gasteiger partial charge in [-0.25, -0.2) is 4.90 Å². The second kappa shape index (κ2) is 5.10. The molecule has 15 heavy (non-hydrogen) atoms. The highest BCUT2D eigenvalue weighted by atomic mass is 16.2. The molecule has 1 aliphatic heterocycles. The molecular weight excluding hydrogens is 190 g/mol. The summed E-state index contributed by atoms with van der Waals surface area (Å²) in [4.78, 5) is 23.5. The molecule has 0 N–H and O–H groups in total. The van der Waals surface area contributed by atoms with Crippen molar-refractivity contribution in [3.8, 4) is 0 Å². The number of anilines is 1. The van der Waals surface area contributed by atoms with Crippen molar-refractivity contribution in [2.45, 2.75) is 13.8 Å². The highest BCUT2D eigenvalue weighted by Gasteiger charge is 2.24. The Morgan fingerprint density at radius 2 is 1.33 bits per heavy atom. The van der Waals surface area contributed by atoms with Crippen LogP contribution >= 0.6 is 0 Å². The lowest BCUT2D eigenvalue weighted by Gasteiger charge is -2.12. The largest absolute Gasteiger partial charge is 0.269 e. The van der Waals surface area contributed by atoms with Crippen LogP contribution in [0.3, 0.4) is 0 Å². The van der Waals surface area contributed by atoms with E-state index in [0.717, 1.165) is 4.90 Å². The van der Waals surface area contributed by atoms with E-state index in [2.05, 4.69) is 0 Å². The molecule has 3 nitrogen and oxygen atoms in total. The minimum atomic E-state index is -0.281. The number of imide groups is 1. The van der Waals surface area contributed by atoms with Gasteiger partial charge in [-0.1, -0.05) is 32.0 Å². The van der Waals surface area contributed by atoms with Crippen molar-refractivity contribution in [2.24, 2.45) is 0 Å². The minimum Gasteiger partial charge on any atom is -0.269 e. The van der Waals surface area contributed by atoms with E-state index in [0.29, 0.717) is 5.69 Å². The quantitative estimate of drug-likeness (QED) is 0.656.